The van der Waals surface area contributed by atoms with E-state index in [-0.39, 0.29) is 18.2 Å². The van der Waals surface area contributed by atoms with Crippen molar-refractivity contribution in [2.24, 2.45) is 11.8 Å². The summed E-state index contributed by atoms with van der Waals surface area (Å²) in [6, 6.07) is 0.891. The molecule has 1 aliphatic carbocycles. The molecule has 3 heteroatoms. The molecule has 0 aromatic carbocycles. The normalized spacial score (nSPS) is 38.0. The van der Waals surface area contributed by atoms with Crippen molar-refractivity contribution >= 4 is 0 Å². The number of hydrogen-bond donors (Lipinski definition) is 3. The Hall–Kier alpha value is -0.120. The van der Waals surface area contributed by atoms with Gasteiger partial charge >= 0.3 is 0 Å². The second kappa shape index (κ2) is 8.50. The number of rotatable bonds is 7. The van der Waals surface area contributed by atoms with Crippen molar-refractivity contribution < 1.29 is 10.2 Å². The number of nitrogens with one attached hydrogen (secondary N) is 1. The molecule has 0 spiro atoms. The number of piperidine rings is 1. The van der Waals surface area contributed by atoms with Crippen LogP contribution in [-0.2, 0) is 0 Å². The van der Waals surface area contributed by atoms with Crippen molar-refractivity contribution in [1.29, 1.82) is 0 Å². The molecule has 0 aromatic rings. The lowest BCUT2D eigenvalue weighted by molar-refractivity contribution is 0.0123. The molecule has 0 unspecified atom stereocenters. The van der Waals surface area contributed by atoms with Crippen LogP contribution < -0.4 is 5.32 Å². The molecule has 0 aromatic heterocycles. The van der Waals surface area contributed by atoms with Crippen LogP contribution in [0.2, 0.25) is 0 Å². The molecular weight excluding hydrogens is 262 g/mol. The van der Waals surface area contributed by atoms with Gasteiger partial charge in [0.15, 0.2) is 0 Å². The lowest BCUT2D eigenvalue weighted by Gasteiger charge is -2.46. The quantitative estimate of drug-likeness (QED) is 0.632. The summed E-state index contributed by atoms with van der Waals surface area (Å²) in [5, 5.41) is 23.6. The Morgan fingerprint density at radius 2 is 2.00 bits per heavy atom. The highest BCUT2D eigenvalue weighted by Crippen LogP contribution is 2.39. The fourth-order valence-electron chi connectivity index (χ4n) is 4.47. The Bertz CT molecular complexity index is 297. The first-order valence-corrected chi connectivity index (χ1v) is 9.24. The Morgan fingerprint density at radius 3 is 2.76 bits per heavy atom. The van der Waals surface area contributed by atoms with Gasteiger partial charge in [0.1, 0.15) is 0 Å². The zero-order chi connectivity index (χ0) is 15.2. The highest BCUT2D eigenvalue weighted by atomic mass is 16.3. The summed E-state index contributed by atoms with van der Waals surface area (Å²) >= 11 is 0. The summed E-state index contributed by atoms with van der Waals surface area (Å²) in [6.07, 6.45) is 11.3. The largest absolute Gasteiger partial charge is 0.393 e. The van der Waals surface area contributed by atoms with Crippen LogP contribution in [0.25, 0.3) is 0 Å². The fraction of sp³-hybridized carbons (Fsp3) is 1.00. The van der Waals surface area contributed by atoms with Crippen LogP contribution in [0, 0.1) is 11.8 Å². The highest BCUT2D eigenvalue weighted by Gasteiger charge is 2.39. The summed E-state index contributed by atoms with van der Waals surface area (Å²) in [5.74, 6) is 1.45. The van der Waals surface area contributed by atoms with E-state index in [0.717, 1.165) is 38.0 Å². The summed E-state index contributed by atoms with van der Waals surface area (Å²) in [5.41, 5.74) is 0. The van der Waals surface area contributed by atoms with Crippen molar-refractivity contribution in [2.75, 3.05) is 0 Å². The Kier molecular flexibility index (Phi) is 6.97. The third-order valence-corrected chi connectivity index (χ3v) is 5.76. The van der Waals surface area contributed by atoms with Gasteiger partial charge in [-0.1, -0.05) is 45.4 Å². The van der Waals surface area contributed by atoms with Crippen molar-refractivity contribution in [3.8, 4) is 0 Å². The maximum absolute atomic E-state index is 10.1. The summed E-state index contributed by atoms with van der Waals surface area (Å²) in [6.45, 7) is 4.24. The molecule has 2 aliphatic rings. The van der Waals surface area contributed by atoms with Gasteiger partial charge in [0.2, 0.25) is 0 Å². The van der Waals surface area contributed by atoms with Crippen LogP contribution in [0.4, 0.5) is 0 Å². The molecule has 0 amide bonds. The molecule has 1 heterocycles. The second-order valence-electron chi connectivity index (χ2n) is 7.45. The van der Waals surface area contributed by atoms with Crippen LogP contribution >= 0.6 is 0 Å². The van der Waals surface area contributed by atoms with Crippen molar-refractivity contribution in [1.82, 2.24) is 5.32 Å². The lowest BCUT2D eigenvalue weighted by Crippen LogP contribution is -2.56. The Balaban J connectivity index is 1.72. The molecule has 0 radical (unpaired) electrons. The Labute approximate surface area is 130 Å². The minimum atomic E-state index is -0.168. The molecule has 21 heavy (non-hydrogen) atoms. The van der Waals surface area contributed by atoms with Gasteiger partial charge in [-0.15, -0.1) is 0 Å². The van der Waals surface area contributed by atoms with Gasteiger partial charge in [-0.05, 0) is 44.4 Å². The first-order chi connectivity index (χ1) is 10.1. The van der Waals surface area contributed by atoms with Gasteiger partial charge in [0, 0.05) is 12.1 Å². The van der Waals surface area contributed by atoms with E-state index in [4.69, 9.17) is 0 Å². The van der Waals surface area contributed by atoms with Crippen LogP contribution in [-0.4, -0.2) is 34.5 Å². The average molecular weight is 297 g/mol. The average Bonchev–Trinajstić information content (AvgIpc) is 2.45. The fourth-order valence-corrected chi connectivity index (χ4v) is 4.47. The number of aliphatic hydroxyl groups excluding tert-OH is 2. The maximum atomic E-state index is 10.1. The first kappa shape index (κ1) is 17.2. The number of hydrogen-bond acceptors (Lipinski definition) is 3. The molecule has 3 N–H and O–H groups in total. The van der Waals surface area contributed by atoms with E-state index >= 15 is 0 Å². The minimum absolute atomic E-state index is 0.0897. The molecule has 1 saturated heterocycles. The third-order valence-electron chi connectivity index (χ3n) is 5.76. The molecule has 1 saturated carbocycles. The minimum Gasteiger partial charge on any atom is -0.393 e. The van der Waals surface area contributed by atoms with Gasteiger partial charge in [-0.3, -0.25) is 0 Å². The monoisotopic (exact) mass is 297 g/mol. The summed E-state index contributed by atoms with van der Waals surface area (Å²) < 4.78 is 0. The summed E-state index contributed by atoms with van der Waals surface area (Å²) in [4.78, 5) is 0. The highest BCUT2D eigenvalue weighted by molar-refractivity contribution is 4.95. The second-order valence-corrected chi connectivity index (χ2v) is 7.45. The van der Waals surface area contributed by atoms with E-state index in [9.17, 15) is 10.2 Å². The predicted octanol–water partition coefficient (Wildman–Crippen LogP) is 3.24. The van der Waals surface area contributed by atoms with Crippen molar-refractivity contribution in [3.63, 3.8) is 0 Å². The van der Waals surface area contributed by atoms with Crippen LogP contribution in [0.5, 0.6) is 0 Å². The van der Waals surface area contributed by atoms with Crippen molar-refractivity contribution in [2.45, 2.75) is 102 Å². The molecule has 2 fully saturated rings. The molecule has 2 rings (SSSR count). The van der Waals surface area contributed by atoms with Crippen LogP contribution in [0.1, 0.15) is 78.1 Å². The van der Waals surface area contributed by atoms with Crippen molar-refractivity contribution in [3.05, 3.63) is 0 Å². The zero-order valence-corrected chi connectivity index (χ0v) is 13.9. The Morgan fingerprint density at radius 1 is 1.19 bits per heavy atom. The molecule has 0 bridgehead atoms. The summed E-state index contributed by atoms with van der Waals surface area (Å²) in [7, 11) is 0. The number of unbranched alkanes of at least 4 members (excludes halogenated alkanes) is 1. The lowest BCUT2D eigenvalue weighted by atomic mass is 9.68. The first-order valence-electron chi connectivity index (χ1n) is 9.24. The van der Waals surface area contributed by atoms with E-state index in [2.05, 4.69) is 19.2 Å². The molecule has 124 valence electrons. The van der Waals surface area contributed by atoms with E-state index in [0.29, 0.717) is 12.0 Å². The van der Waals surface area contributed by atoms with Gasteiger partial charge in [0.05, 0.1) is 12.2 Å². The predicted molar refractivity (Wildman–Crippen MR) is 87.2 cm³/mol. The van der Waals surface area contributed by atoms with Crippen LogP contribution in [0.3, 0.4) is 0 Å². The van der Waals surface area contributed by atoms with E-state index < -0.39 is 0 Å². The van der Waals surface area contributed by atoms with Crippen LogP contribution in [0.15, 0.2) is 0 Å². The van der Waals surface area contributed by atoms with E-state index in [1.165, 1.54) is 32.1 Å². The molecule has 6 atom stereocenters. The molecule has 1 aliphatic heterocycles. The van der Waals surface area contributed by atoms with E-state index in [1.54, 1.807) is 0 Å². The number of fused-ring (bicyclic) bond motifs is 1. The van der Waals surface area contributed by atoms with Gasteiger partial charge in [-0.2, -0.15) is 0 Å². The van der Waals surface area contributed by atoms with Gasteiger partial charge in [-0.25, -0.2) is 0 Å². The van der Waals surface area contributed by atoms with E-state index in [1.807, 2.05) is 0 Å². The number of aliphatic hydroxyl groups is 2. The smallest absolute Gasteiger partial charge is 0.0693 e. The maximum Gasteiger partial charge on any atom is 0.0693 e. The van der Waals surface area contributed by atoms with Gasteiger partial charge in [0.25, 0.3) is 0 Å². The zero-order valence-electron chi connectivity index (χ0n) is 13.9. The molecular formula is C18H35NO2. The topological polar surface area (TPSA) is 52.5 Å². The SMILES string of the molecule is CCC[C@@H](O)CCCC[C@H]1CCC[C@H]2N[C@@H](C)[C@H](O)C[C@@H]12. The standard InChI is InChI=1S/C18H35NO2/c1-3-7-15(20)10-5-4-8-14-9-6-11-17-16(14)12-18(21)13(2)19-17/h13-21H,3-12H2,1-2H3/t13-,14-,15+,16-,17+,18+/m0/s1. The third kappa shape index (κ3) is 4.94. The molecule has 3 nitrogen and oxygen atoms in total. The van der Waals surface area contributed by atoms with Gasteiger partial charge < -0.3 is 15.5 Å².